The first kappa shape index (κ1) is 22.3. The van der Waals surface area contributed by atoms with Crippen molar-refractivity contribution >= 4 is 5.96 Å². The zero-order valence-corrected chi connectivity index (χ0v) is 18.7. The van der Waals surface area contributed by atoms with Gasteiger partial charge in [-0.2, -0.15) is 5.10 Å². The lowest BCUT2D eigenvalue weighted by atomic mass is 9.90. The average molecular weight is 411 g/mol. The largest absolute Gasteiger partial charge is 0.357 e. The molecule has 0 atom stereocenters. The lowest BCUT2D eigenvalue weighted by Crippen LogP contribution is -2.38. The predicted molar refractivity (Wildman–Crippen MR) is 125 cm³/mol. The molecule has 2 heterocycles. The van der Waals surface area contributed by atoms with Crippen LogP contribution >= 0.6 is 0 Å². The van der Waals surface area contributed by atoms with Gasteiger partial charge in [0.05, 0.1) is 12.2 Å². The summed E-state index contributed by atoms with van der Waals surface area (Å²) < 4.78 is 1.87. The highest BCUT2D eigenvalue weighted by molar-refractivity contribution is 5.79. The normalized spacial score (nSPS) is 16.0. The van der Waals surface area contributed by atoms with Crippen molar-refractivity contribution in [1.82, 2.24) is 25.3 Å². The third kappa shape index (κ3) is 7.48. The number of hydrogen-bond donors (Lipinski definition) is 2. The van der Waals surface area contributed by atoms with Crippen molar-refractivity contribution in [3.05, 3.63) is 53.9 Å². The summed E-state index contributed by atoms with van der Waals surface area (Å²) in [5.41, 5.74) is 2.60. The van der Waals surface area contributed by atoms with Crippen LogP contribution in [-0.4, -0.2) is 53.4 Å². The van der Waals surface area contributed by atoms with Gasteiger partial charge in [0, 0.05) is 26.3 Å². The van der Waals surface area contributed by atoms with Gasteiger partial charge in [0.2, 0.25) is 0 Å². The fraction of sp³-hybridized carbons (Fsp3) is 0.583. The Morgan fingerprint density at radius 2 is 1.90 bits per heavy atom. The molecule has 164 valence electrons. The number of nitrogens with zero attached hydrogens (tertiary/aromatic N) is 4. The second-order valence-corrected chi connectivity index (χ2v) is 8.25. The maximum absolute atomic E-state index is 4.67. The molecule has 0 amide bonds. The molecule has 0 spiro atoms. The summed E-state index contributed by atoms with van der Waals surface area (Å²) >= 11 is 0. The molecule has 0 radical (unpaired) electrons. The van der Waals surface area contributed by atoms with E-state index in [-0.39, 0.29) is 0 Å². The van der Waals surface area contributed by atoms with Crippen LogP contribution in [0.5, 0.6) is 0 Å². The van der Waals surface area contributed by atoms with Crippen LogP contribution in [-0.2, 0) is 20.0 Å². The van der Waals surface area contributed by atoms with Gasteiger partial charge >= 0.3 is 0 Å². The minimum absolute atomic E-state index is 0.643. The van der Waals surface area contributed by atoms with Gasteiger partial charge in [0.15, 0.2) is 5.96 Å². The van der Waals surface area contributed by atoms with Crippen LogP contribution in [0.2, 0.25) is 0 Å². The number of guanidine groups is 1. The molecule has 6 heteroatoms. The Balaban J connectivity index is 1.28. The Morgan fingerprint density at radius 1 is 1.10 bits per heavy atom. The van der Waals surface area contributed by atoms with Gasteiger partial charge in [-0.05, 0) is 76.2 Å². The second-order valence-electron chi connectivity index (χ2n) is 8.25. The molecule has 1 aromatic heterocycles. The highest BCUT2D eigenvalue weighted by Gasteiger charge is 2.18. The SMILES string of the molecule is CCNC(=NCc1ccnn1C)NCCCCN1CCC(Cc2ccccc2)CC1. The second kappa shape index (κ2) is 12.4. The summed E-state index contributed by atoms with van der Waals surface area (Å²) in [6, 6.07) is 13.0. The predicted octanol–water partition coefficient (Wildman–Crippen LogP) is 3.21. The number of hydrogen-bond acceptors (Lipinski definition) is 3. The van der Waals surface area contributed by atoms with E-state index in [4.69, 9.17) is 0 Å². The van der Waals surface area contributed by atoms with Crippen molar-refractivity contribution in [2.45, 2.75) is 45.6 Å². The number of aryl methyl sites for hydroxylation is 1. The van der Waals surface area contributed by atoms with Crippen molar-refractivity contribution in [2.75, 3.05) is 32.7 Å². The van der Waals surface area contributed by atoms with Gasteiger partial charge in [-0.25, -0.2) is 4.99 Å². The molecule has 1 aromatic carbocycles. The molecule has 0 aliphatic carbocycles. The molecule has 0 bridgehead atoms. The zero-order chi connectivity index (χ0) is 21.0. The van der Waals surface area contributed by atoms with Crippen molar-refractivity contribution in [3.8, 4) is 0 Å². The van der Waals surface area contributed by atoms with Crippen LogP contribution in [0, 0.1) is 5.92 Å². The highest BCUT2D eigenvalue weighted by Crippen LogP contribution is 2.21. The summed E-state index contributed by atoms with van der Waals surface area (Å²) in [6.07, 6.45) is 8.12. The van der Waals surface area contributed by atoms with Crippen LogP contribution in [0.4, 0.5) is 0 Å². The number of piperidine rings is 1. The molecule has 1 aliphatic rings. The molecule has 6 nitrogen and oxygen atoms in total. The molecule has 2 aromatic rings. The number of rotatable bonds is 10. The lowest BCUT2D eigenvalue weighted by molar-refractivity contribution is 0.181. The van der Waals surface area contributed by atoms with Crippen LogP contribution in [0.25, 0.3) is 0 Å². The molecule has 1 aliphatic heterocycles. The lowest BCUT2D eigenvalue weighted by Gasteiger charge is -2.32. The van der Waals surface area contributed by atoms with E-state index in [1.807, 2.05) is 24.0 Å². The fourth-order valence-electron chi connectivity index (χ4n) is 4.09. The minimum Gasteiger partial charge on any atom is -0.357 e. The van der Waals surface area contributed by atoms with Crippen molar-refractivity contribution in [1.29, 1.82) is 0 Å². The van der Waals surface area contributed by atoms with Gasteiger partial charge in [-0.1, -0.05) is 30.3 Å². The van der Waals surface area contributed by atoms with Crippen LogP contribution in [0.1, 0.15) is 43.9 Å². The summed E-state index contributed by atoms with van der Waals surface area (Å²) in [5, 5.41) is 11.0. The molecule has 1 fully saturated rings. The Bertz CT molecular complexity index is 746. The maximum Gasteiger partial charge on any atom is 0.191 e. The van der Waals surface area contributed by atoms with E-state index < -0.39 is 0 Å². The van der Waals surface area contributed by atoms with Crippen molar-refractivity contribution < 1.29 is 0 Å². The summed E-state index contributed by atoms with van der Waals surface area (Å²) in [5.74, 6) is 1.74. The Labute approximate surface area is 181 Å². The Hall–Kier alpha value is -2.34. The van der Waals surface area contributed by atoms with Gasteiger partial charge < -0.3 is 15.5 Å². The Kier molecular flexibility index (Phi) is 9.22. The van der Waals surface area contributed by atoms with Crippen LogP contribution in [0.3, 0.4) is 0 Å². The van der Waals surface area contributed by atoms with Crippen molar-refractivity contribution in [3.63, 3.8) is 0 Å². The molecular formula is C24H38N6. The summed E-state index contributed by atoms with van der Waals surface area (Å²) in [6.45, 7) is 8.28. The number of nitrogens with one attached hydrogen (secondary N) is 2. The topological polar surface area (TPSA) is 57.5 Å². The Morgan fingerprint density at radius 3 is 2.60 bits per heavy atom. The molecule has 2 N–H and O–H groups in total. The molecule has 3 rings (SSSR count). The third-order valence-electron chi connectivity index (χ3n) is 5.93. The fourth-order valence-corrected chi connectivity index (χ4v) is 4.09. The van der Waals surface area contributed by atoms with Crippen LogP contribution in [0.15, 0.2) is 47.6 Å². The minimum atomic E-state index is 0.643. The highest BCUT2D eigenvalue weighted by atomic mass is 15.3. The van der Waals surface area contributed by atoms with Gasteiger partial charge in [-0.15, -0.1) is 0 Å². The van der Waals surface area contributed by atoms with E-state index in [0.717, 1.165) is 30.7 Å². The first-order chi connectivity index (χ1) is 14.7. The van der Waals surface area contributed by atoms with Gasteiger partial charge in [-0.3, -0.25) is 4.68 Å². The quantitative estimate of drug-likeness (QED) is 0.359. The van der Waals surface area contributed by atoms with Crippen LogP contribution < -0.4 is 10.6 Å². The average Bonchev–Trinajstić information content (AvgIpc) is 3.18. The molecule has 0 saturated carbocycles. The van der Waals surface area contributed by atoms with Crippen molar-refractivity contribution in [2.24, 2.45) is 18.0 Å². The molecule has 30 heavy (non-hydrogen) atoms. The number of aliphatic imine (C=N–C) groups is 1. The number of likely N-dealkylation sites (tertiary alicyclic amines) is 1. The van der Waals surface area contributed by atoms with Gasteiger partial charge in [0.1, 0.15) is 0 Å². The van der Waals surface area contributed by atoms with E-state index in [1.54, 1.807) is 0 Å². The first-order valence-corrected chi connectivity index (χ1v) is 11.5. The smallest absolute Gasteiger partial charge is 0.191 e. The summed E-state index contributed by atoms with van der Waals surface area (Å²) in [4.78, 5) is 7.31. The van der Waals surface area contributed by atoms with Gasteiger partial charge in [0.25, 0.3) is 0 Å². The molecule has 0 unspecified atom stereocenters. The maximum atomic E-state index is 4.67. The number of benzene rings is 1. The zero-order valence-electron chi connectivity index (χ0n) is 18.7. The first-order valence-electron chi connectivity index (χ1n) is 11.5. The van der Waals surface area contributed by atoms with E-state index in [1.165, 1.54) is 57.3 Å². The molecule has 1 saturated heterocycles. The third-order valence-corrected chi connectivity index (χ3v) is 5.93. The van der Waals surface area contributed by atoms with E-state index in [9.17, 15) is 0 Å². The summed E-state index contributed by atoms with van der Waals surface area (Å²) in [7, 11) is 1.95. The standard InChI is InChI=1S/C24H38N6/c1-3-25-24(27-20-23-11-15-28-29(23)2)26-14-7-8-16-30-17-12-22(13-18-30)19-21-9-5-4-6-10-21/h4-6,9-11,15,22H,3,7-8,12-14,16-20H2,1-2H3,(H2,25,26,27). The number of aromatic nitrogens is 2. The van der Waals surface area contributed by atoms with E-state index in [0.29, 0.717) is 6.54 Å². The number of unbranched alkanes of at least 4 members (excludes halogenated alkanes) is 1. The van der Waals surface area contributed by atoms with E-state index >= 15 is 0 Å². The molecular weight excluding hydrogens is 372 g/mol. The monoisotopic (exact) mass is 410 g/mol. The van der Waals surface area contributed by atoms with E-state index in [2.05, 4.69) is 62.9 Å².